The molecule has 8 unspecified atom stereocenters. The number of carbonyl (C=O) groups is 3. The number of hydrogen-bond acceptors (Lipinski definition) is 6. The van der Waals surface area contributed by atoms with Gasteiger partial charge < -0.3 is 29.7 Å². The molecule has 238 valence electrons. The standard InChI is InChI=1S/C33H55N3O6/c1-10-22(4)30(35(7)33(40)29(21(2)3)34-20-37)27(41-8)19-28(38)36-18-14-17-26(36)32(42-9)24(6)23(5)31(39)25-15-12-11-13-16-25/h11-13,15-16,20-24,26-27,29-32,39H,10,14,17-19H2,1-9H3,(H,34,37)/t22?,23?,24?,26?,27?,29-,30?,31?,32?/m0/s1. The molecule has 1 fully saturated rings. The number of nitrogens with one attached hydrogen (secondary N) is 1. The van der Waals surface area contributed by atoms with E-state index in [0.717, 1.165) is 24.8 Å². The van der Waals surface area contributed by atoms with Gasteiger partial charge in [0.05, 0.1) is 36.8 Å². The van der Waals surface area contributed by atoms with Crippen molar-refractivity contribution in [1.29, 1.82) is 0 Å². The van der Waals surface area contributed by atoms with Crippen molar-refractivity contribution >= 4 is 18.2 Å². The van der Waals surface area contributed by atoms with Crippen LogP contribution in [0.5, 0.6) is 0 Å². The summed E-state index contributed by atoms with van der Waals surface area (Å²) in [6.07, 6.45) is 1.76. The van der Waals surface area contributed by atoms with Gasteiger partial charge in [-0.05, 0) is 42.1 Å². The number of likely N-dealkylation sites (N-methyl/N-ethyl adjacent to an activating group) is 1. The maximum Gasteiger partial charge on any atom is 0.245 e. The van der Waals surface area contributed by atoms with E-state index < -0.39 is 18.2 Å². The summed E-state index contributed by atoms with van der Waals surface area (Å²) in [6.45, 7) is 12.6. The Kier molecular flexibility index (Phi) is 14.4. The minimum Gasteiger partial charge on any atom is -0.388 e. The first-order valence-electron chi connectivity index (χ1n) is 15.5. The van der Waals surface area contributed by atoms with Gasteiger partial charge in [0, 0.05) is 27.8 Å². The Hall–Kier alpha value is -2.49. The first-order valence-corrected chi connectivity index (χ1v) is 15.5. The lowest BCUT2D eigenvalue weighted by Crippen LogP contribution is -2.57. The van der Waals surface area contributed by atoms with E-state index in [9.17, 15) is 19.5 Å². The molecule has 0 spiro atoms. The number of methoxy groups -OCH3 is 2. The predicted molar refractivity (Wildman–Crippen MR) is 165 cm³/mol. The predicted octanol–water partition coefficient (Wildman–Crippen LogP) is 4.05. The smallest absolute Gasteiger partial charge is 0.245 e. The van der Waals surface area contributed by atoms with Crippen LogP contribution in [0.2, 0.25) is 0 Å². The SMILES string of the molecule is CCC(C)C(C(CC(=O)N1CCCC1C(OC)C(C)C(C)C(O)c1ccccc1)OC)N(C)C(=O)[C@@H](NC=O)C(C)C. The van der Waals surface area contributed by atoms with E-state index in [-0.39, 0.29) is 60.1 Å². The molecular formula is C33H55N3O6. The van der Waals surface area contributed by atoms with E-state index >= 15 is 0 Å². The second kappa shape index (κ2) is 17.0. The third kappa shape index (κ3) is 8.54. The number of nitrogens with zero attached hydrogens (tertiary/aromatic N) is 2. The molecule has 0 saturated carbocycles. The first-order chi connectivity index (χ1) is 19.9. The second-order valence-electron chi connectivity index (χ2n) is 12.4. The molecule has 1 heterocycles. The van der Waals surface area contributed by atoms with Crippen LogP contribution in [0.1, 0.15) is 78.9 Å². The Bertz CT molecular complexity index is 976. The van der Waals surface area contributed by atoms with E-state index in [0.29, 0.717) is 13.0 Å². The highest BCUT2D eigenvalue weighted by Crippen LogP contribution is 2.35. The van der Waals surface area contributed by atoms with Crippen molar-refractivity contribution in [2.75, 3.05) is 27.8 Å². The van der Waals surface area contributed by atoms with E-state index in [1.54, 1.807) is 26.2 Å². The van der Waals surface area contributed by atoms with Crippen molar-refractivity contribution in [2.45, 2.75) is 104 Å². The highest BCUT2D eigenvalue weighted by molar-refractivity contribution is 5.84. The Morgan fingerprint density at radius 1 is 1.10 bits per heavy atom. The molecule has 0 aliphatic carbocycles. The van der Waals surface area contributed by atoms with Crippen LogP contribution in [0.3, 0.4) is 0 Å². The van der Waals surface area contributed by atoms with Crippen molar-refractivity contribution in [3.05, 3.63) is 35.9 Å². The maximum absolute atomic E-state index is 13.9. The molecule has 2 N–H and O–H groups in total. The van der Waals surface area contributed by atoms with Crippen LogP contribution in [0.4, 0.5) is 0 Å². The van der Waals surface area contributed by atoms with Gasteiger partial charge in [-0.1, -0.05) is 78.3 Å². The molecule has 1 aromatic rings. The van der Waals surface area contributed by atoms with Crippen LogP contribution < -0.4 is 5.32 Å². The molecule has 9 atom stereocenters. The molecule has 9 heteroatoms. The van der Waals surface area contributed by atoms with Gasteiger partial charge >= 0.3 is 0 Å². The molecule has 1 aliphatic heterocycles. The largest absolute Gasteiger partial charge is 0.388 e. The van der Waals surface area contributed by atoms with Gasteiger partial charge in [0.2, 0.25) is 18.2 Å². The van der Waals surface area contributed by atoms with Crippen LogP contribution in [0.25, 0.3) is 0 Å². The highest BCUT2D eigenvalue weighted by atomic mass is 16.5. The van der Waals surface area contributed by atoms with Crippen molar-refractivity contribution in [1.82, 2.24) is 15.1 Å². The molecule has 0 bridgehead atoms. The molecule has 1 aliphatic rings. The number of aliphatic hydroxyl groups is 1. The zero-order valence-electron chi connectivity index (χ0n) is 27.2. The first kappa shape index (κ1) is 35.7. The Labute approximate surface area is 253 Å². The summed E-state index contributed by atoms with van der Waals surface area (Å²) in [5, 5.41) is 13.8. The van der Waals surface area contributed by atoms with Crippen LogP contribution in [-0.2, 0) is 23.9 Å². The number of likely N-dealkylation sites (tertiary alicyclic amines) is 1. The summed E-state index contributed by atoms with van der Waals surface area (Å²) in [6, 6.07) is 8.50. The van der Waals surface area contributed by atoms with Crippen LogP contribution in [-0.4, -0.2) is 91.3 Å². The molecule has 2 rings (SSSR count). The summed E-state index contributed by atoms with van der Waals surface area (Å²) in [5.41, 5.74) is 0.867. The summed E-state index contributed by atoms with van der Waals surface area (Å²) in [7, 11) is 5.00. The van der Waals surface area contributed by atoms with Gasteiger partial charge in [-0.15, -0.1) is 0 Å². The van der Waals surface area contributed by atoms with Gasteiger partial charge in [0.1, 0.15) is 6.04 Å². The zero-order valence-corrected chi connectivity index (χ0v) is 27.2. The van der Waals surface area contributed by atoms with Crippen molar-refractivity contribution in [3.63, 3.8) is 0 Å². The molecular weight excluding hydrogens is 534 g/mol. The normalized spacial score (nSPS) is 21.1. The Morgan fingerprint density at radius 2 is 1.74 bits per heavy atom. The molecule has 0 aromatic heterocycles. The lowest BCUT2D eigenvalue weighted by atomic mass is 9.80. The number of hydrogen-bond donors (Lipinski definition) is 2. The van der Waals surface area contributed by atoms with E-state index in [1.807, 2.05) is 56.0 Å². The fourth-order valence-corrected chi connectivity index (χ4v) is 6.57. The average Bonchev–Trinajstić information content (AvgIpc) is 3.48. The van der Waals surface area contributed by atoms with Crippen molar-refractivity contribution in [3.8, 4) is 0 Å². The topological polar surface area (TPSA) is 108 Å². The fourth-order valence-electron chi connectivity index (χ4n) is 6.57. The number of benzene rings is 1. The third-order valence-corrected chi connectivity index (χ3v) is 9.52. The molecule has 1 aromatic carbocycles. The summed E-state index contributed by atoms with van der Waals surface area (Å²) in [5.74, 6) is -0.374. The lowest BCUT2D eigenvalue weighted by Gasteiger charge is -2.41. The van der Waals surface area contributed by atoms with Gasteiger partial charge in [0.25, 0.3) is 0 Å². The number of carbonyl (C=O) groups excluding carboxylic acids is 3. The number of rotatable bonds is 17. The van der Waals surface area contributed by atoms with E-state index in [1.165, 1.54) is 0 Å². The van der Waals surface area contributed by atoms with E-state index in [2.05, 4.69) is 26.1 Å². The number of aliphatic hydroxyl groups excluding tert-OH is 1. The third-order valence-electron chi connectivity index (χ3n) is 9.52. The molecule has 3 amide bonds. The lowest BCUT2D eigenvalue weighted by molar-refractivity contribution is -0.146. The van der Waals surface area contributed by atoms with Crippen LogP contribution >= 0.6 is 0 Å². The average molecular weight is 590 g/mol. The van der Waals surface area contributed by atoms with Crippen LogP contribution in [0.15, 0.2) is 30.3 Å². The number of amides is 3. The summed E-state index contributed by atoms with van der Waals surface area (Å²) < 4.78 is 12.0. The fraction of sp³-hybridized carbons (Fsp3) is 0.727. The van der Waals surface area contributed by atoms with E-state index in [4.69, 9.17) is 9.47 Å². The van der Waals surface area contributed by atoms with Gasteiger partial charge in [0.15, 0.2) is 0 Å². The molecule has 0 radical (unpaired) electrons. The van der Waals surface area contributed by atoms with Gasteiger partial charge in [-0.3, -0.25) is 14.4 Å². The Morgan fingerprint density at radius 3 is 2.26 bits per heavy atom. The van der Waals surface area contributed by atoms with Gasteiger partial charge in [-0.2, -0.15) is 0 Å². The highest BCUT2D eigenvalue weighted by Gasteiger charge is 2.42. The summed E-state index contributed by atoms with van der Waals surface area (Å²) in [4.78, 5) is 42.2. The monoisotopic (exact) mass is 589 g/mol. The second-order valence-corrected chi connectivity index (χ2v) is 12.4. The summed E-state index contributed by atoms with van der Waals surface area (Å²) >= 11 is 0. The molecule has 42 heavy (non-hydrogen) atoms. The minimum absolute atomic E-state index is 0.0169. The quantitative estimate of drug-likeness (QED) is 0.266. The van der Waals surface area contributed by atoms with Crippen molar-refractivity contribution in [2.24, 2.45) is 23.7 Å². The van der Waals surface area contributed by atoms with Crippen LogP contribution in [0, 0.1) is 23.7 Å². The molecule has 1 saturated heterocycles. The van der Waals surface area contributed by atoms with Crippen molar-refractivity contribution < 1.29 is 29.0 Å². The zero-order chi connectivity index (χ0) is 31.6. The molecule has 9 nitrogen and oxygen atoms in total. The number of ether oxygens (including phenoxy) is 2. The minimum atomic E-state index is -0.660. The Balaban J connectivity index is 2.25. The maximum atomic E-state index is 13.9. The van der Waals surface area contributed by atoms with Gasteiger partial charge in [-0.25, -0.2) is 0 Å².